The van der Waals surface area contributed by atoms with Crippen LogP contribution in [0, 0.1) is 0 Å². The van der Waals surface area contributed by atoms with Crippen LogP contribution >= 0.6 is 22.7 Å². The number of nitrogens with zero attached hydrogens (tertiary/aromatic N) is 2. The summed E-state index contributed by atoms with van der Waals surface area (Å²) in [4.78, 5) is 9.80. The molecule has 0 atom stereocenters. The number of rotatable bonds is 6. The first-order valence-corrected chi connectivity index (χ1v) is 13.8. The molecule has 0 amide bonds. The van der Waals surface area contributed by atoms with E-state index in [1.165, 1.54) is 22.7 Å². The molecule has 4 nitrogen and oxygen atoms in total. The topological polar surface area (TPSA) is 65.2 Å². The van der Waals surface area contributed by atoms with Crippen LogP contribution in [-0.4, -0.2) is 10.2 Å². The zero-order valence-corrected chi connectivity index (χ0v) is 22.2. The molecule has 0 saturated carbocycles. The normalized spacial score (nSPS) is 13.8. The Morgan fingerprint density at radius 1 is 0.474 bits per heavy atom. The van der Waals surface area contributed by atoms with Crippen molar-refractivity contribution in [1.82, 2.24) is 0 Å². The van der Waals surface area contributed by atoms with Crippen molar-refractivity contribution in [3.05, 3.63) is 162 Å². The molecule has 0 spiro atoms. The van der Waals surface area contributed by atoms with Gasteiger partial charge in [0.1, 0.15) is 29.9 Å². The van der Waals surface area contributed by atoms with Crippen molar-refractivity contribution >= 4 is 34.2 Å². The van der Waals surface area contributed by atoms with Crippen LogP contribution in [-0.2, 0) is 13.1 Å². The molecule has 188 valence electrons. The monoisotopic (exact) mass is 534 g/mol. The lowest BCUT2D eigenvalue weighted by molar-refractivity contribution is 0.507. The van der Waals surface area contributed by atoms with E-state index in [-0.39, 0.29) is 11.5 Å². The van der Waals surface area contributed by atoms with Gasteiger partial charge < -0.3 is 10.2 Å². The summed E-state index contributed by atoms with van der Waals surface area (Å²) in [5, 5.41) is 22.8. The third-order valence-electron chi connectivity index (χ3n) is 5.81. The Hall–Kier alpha value is -4.26. The zero-order valence-electron chi connectivity index (χ0n) is 20.6. The molecule has 1 aromatic heterocycles. The van der Waals surface area contributed by atoms with E-state index in [1.807, 2.05) is 121 Å². The Morgan fingerprint density at radius 2 is 0.789 bits per heavy atom. The van der Waals surface area contributed by atoms with Crippen LogP contribution in [0.2, 0.25) is 0 Å². The lowest BCUT2D eigenvalue weighted by Crippen LogP contribution is -2.36. The lowest BCUT2D eigenvalue weighted by atomic mass is 10.2. The van der Waals surface area contributed by atoms with Crippen molar-refractivity contribution in [3.8, 4) is 0 Å². The van der Waals surface area contributed by atoms with Gasteiger partial charge in [-0.2, -0.15) is 0 Å². The van der Waals surface area contributed by atoms with E-state index in [1.54, 1.807) is 0 Å². The fourth-order valence-electron chi connectivity index (χ4n) is 3.83. The number of hydrogen-bond acceptors (Lipinski definition) is 6. The maximum Gasteiger partial charge on any atom is 0.143 e. The van der Waals surface area contributed by atoms with Crippen LogP contribution in [0.1, 0.15) is 22.3 Å². The minimum Gasteiger partial charge on any atom is -0.506 e. The van der Waals surface area contributed by atoms with Crippen LogP contribution < -0.4 is 18.4 Å². The van der Waals surface area contributed by atoms with Gasteiger partial charge in [0.15, 0.2) is 0 Å². The van der Waals surface area contributed by atoms with Crippen molar-refractivity contribution < 1.29 is 10.2 Å². The average Bonchev–Trinajstić information content (AvgIpc) is 3.00. The van der Waals surface area contributed by atoms with Gasteiger partial charge in [-0.1, -0.05) is 121 Å². The highest BCUT2D eigenvalue weighted by Gasteiger charge is 2.09. The first-order valence-electron chi connectivity index (χ1n) is 12.2. The average molecular weight is 535 g/mol. The van der Waals surface area contributed by atoms with Gasteiger partial charge in [0, 0.05) is 11.1 Å². The molecule has 0 aliphatic carbocycles. The quantitative estimate of drug-likeness (QED) is 0.305. The van der Waals surface area contributed by atoms with Crippen molar-refractivity contribution in [2.75, 3.05) is 0 Å². The summed E-state index contributed by atoms with van der Waals surface area (Å²) in [7, 11) is 0. The Bertz CT molecular complexity index is 1630. The largest absolute Gasteiger partial charge is 0.506 e. The molecule has 0 aliphatic heterocycles. The van der Waals surface area contributed by atoms with Crippen molar-refractivity contribution in [1.29, 1.82) is 0 Å². The van der Waals surface area contributed by atoms with Gasteiger partial charge in [0.25, 0.3) is 0 Å². The molecule has 1 heterocycles. The van der Waals surface area contributed by atoms with Gasteiger partial charge in [0.05, 0.1) is 13.1 Å². The number of hydrogen-bond donors (Lipinski definition) is 2. The molecular weight excluding hydrogens is 508 g/mol. The maximum absolute atomic E-state index is 11.4. The van der Waals surface area contributed by atoms with E-state index in [4.69, 9.17) is 9.98 Å². The molecule has 0 saturated heterocycles. The van der Waals surface area contributed by atoms with Crippen LogP contribution in [0.4, 0.5) is 0 Å². The van der Waals surface area contributed by atoms with Crippen molar-refractivity contribution in [2.45, 2.75) is 13.1 Å². The predicted octanol–water partition coefficient (Wildman–Crippen LogP) is 5.44. The standard InChI is InChI=1S/C32H26N2O2S2/c35-27(25-17-9-3-10-18-25)29-31(33-21-23-13-5-1-6-14-23)37-30(28(36)26-19-11-4-12-20-26)32(38-29)34-22-24-15-7-2-8-16-24/h1-20,35-36H,21-22H2/b29-27-,30-28+,33-31?,34-32?. The summed E-state index contributed by atoms with van der Waals surface area (Å²) in [6, 6.07) is 38.9. The van der Waals surface area contributed by atoms with Gasteiger partial charge in [0.2, 0.25) is 0 Å². The van der Waals surface area contributed by atoms with Gasteiger partial charge in [-0.15, -0.1) is 22.7 Å². The highest BCUT2D eigenvalue weighted by Crippen LogP contribution is 2.09. The second-order valence-electron chi connectivity index (χ2n) is 8.51. The second kappa shape index (κ2) is 12.3. The molecule has 38 heavy (non-hydrogen) atoms. The molecule has 6 heteroatoms. The van der Waals surface area contributed by atoms with Crippen LogP contribution in [0.5, 0.6) is 0 Å². The van der Waals surface area contributed by atoms with Gasteiger partial charge in [-0.05, 0) is 11.1 Å². The summed E-state index contributed by atoms with van der Waals surface area (Å²) in [6.45, 7) is 0.899. The van der Waals surface area contributed by atoms with E-state index in [9.17, 15) is 10.2 Å². The van der Waals surface area contributed by atoms with E-state index in [2.05, 4.69) is 0 Å². The van der Waals surface area contributed by atoms with Crippen molar-refractivity contribution in [2.24, 2.45) is 9.98 Å². The van der Waals surface area contributed by atoms with E-state index < -0.39 is 0 Å². The minimum atomic E-state index is 0.139. The molecule has 0 aliphatic rings. The fraction of sp³-hybridized carbons (Fsp3) is 0.0625. The molecular formula is C32H26N2O2S2. The summed E-state index contributed by atoms with van der Waals surface area (Å²) in [5.41, 5.74) is 3.52. The van der Waals surface area contributed by atoms with Gasteiger partial charge in [-0.25, -0.2) is 0 Å². The molecule has 0 fully saturated rings. The first-order chi connectivity index (χ1) is 18.7. The van der Waals surface area contributed by atoms with E-state index >= 15 is 0 Å². The smallest absolute Gasteiger partial charge is 0.143 e. The Balaban J connectivity index is 1.82. The second-order valence-corrected chi connectivity index (χ2v) is 10.5. The minimum absolute atomic E-state index is 0.139. The highest BCUT2D eigenvalue weighted by molar-refractivity contribution is 7.14. The predicted molar refractivity (Wildman–Crippen MR) is 156 cm³/mol. The molecule has 2 N–H and O–H groups in total. The molecule has 5 rings (SSSR count). The maximum atomic E-state index is 11.4. The van der Waals surface area contributed by atoms with E-state index in [0.717, 1.165) is 11.1 Å². The molecule has 0 bridgehead atoms. The Morgan fingerprint density at radius 3 is 1.13 bits per heavy atom. The SMILES string of the molecule is O/C(c1ccccc1)=c1\sc(=NCc2ccccc2)/c(=C(\O)c2ccccc2)sc1=NCc1ccccc1. The Labute approximate surface area is 228 Å². The van der Waals surface area contributed by atoms with Crippen LogP contribution in [0.15, 0.2) is 131 Å². The summed E-state index contributed by atoms with van der Waals surface area (Å²) >= 11 is 2.68. The first kappa shape index (κ1) is 25.4. The summed E-state index contributed by atoms with van der Waals surface area (Å²) in [5.74, 6) is 0.279. The lowest BCUT2D eigenvalue weighted by Gasteiger charge is -2.04. The number of aliphatic hydroxyl groups excluding tert-OH is 2. The molecule has 0 unspecified atom stereocenters. The molecule has 0 radical (unpaired) electrons. The number of aliphatic hydroxyl groups is 2. The zero-order chi connectivity index (χ0) is 26.2. The van der Waals surface area contributed by atoms with Gasteiger partial charge >= 0.3 is 0 Å². The summed E-state index contributed by atoms with van der Waals surface area (Å²) in [6.07, 6.45) is 0. The van der Waals surface area contributed by atoms with E-state index in [0.29, 0.717) is 42.6 Å². The Kier molecular flexibility index (Phi) is 8.23. The molecule has 5 aromatic rings. The fourth-order valence-corrected chi connectivity index (χ4v) is 6.08. The van der Waals surface area contributed by atoms with Crippen molar-refractivity contribution in [3.63, 3.8) is 0 Å². The third-order valence-corrected chi connectivity index (χ3v) is 8.30. The summed E-state index contributed by atoms with van der Waals surface area (Å²) < 4.78 is 2.51. The highest BCUT2D eigenvalue weighted by atomic mass is 32.1. The van der Waals surface area contributed by atoms with Gasteiger partial charge in [-0.3, -0.25) is 9.98 Å². The number of benzene rings is 4. The van der Waals surface area contributed by atoms with Crippen LogP contribution in [0.25, 0.3) is 11.5 Å². The third kappa shape index (κ3) is 6.17. The van der Waals surface area contributed by atoms with Crippen LogP contribution in [0.3, 0.4) is 0 Å². The molecule has 4 aromatic carbocycles.